The molecule has 0 aromatic heterocycles. The third-order valence-corrected chi connectivity index (χ3v) is 6.68. The van der Waals surface area contributed by atoms with E-state index in [1.165, 1.54) is 12.0 Å². The molecule has 2 heterocycles. The van der Waals surface area contributed by atoms with Crippen LogP contribution < -0.4 is 5.32 Å². The van der Waals surface area contributed by atoms with Crippen molar-refractivity contribution >= 4 is 11.8 Å². The van der Waals surface area contributed by atoms with E-state index in [4.69, 9.17) is 0 Å². The molecule has 1 fully saturated rings. The summed E-state index contributed by atoms with van der Waals surface area (Å²) in [6.07, 6.45) is 2.23. The Hall–Kier alpha value is -2.66. The van der Waals surface area contributed by atoms with E-state index in [9.17, 15) is 9.59 Å². The van der Waals surface area contributed by atoms with Gasteiger partial charge in [0.2, 0.25) is 5.91 Å². The molecule has 5 nitrogen and oxygen atoms in total. The van der Waals surface area contributed by atoms with E-state index in [-0.39, 0.29) is 11.8 Å². The molecule has 2 aliphatic rings. The molecule has 2 amide bonds. The van der Waals surface area contributed by atoms with Gasteiger partial charge in [0.1, 0.15) is 6.04 Å². The summed E-state index contributed by atoms with van der Waals surface area (Å²) >= 11 is 0. The summed E-state index contributed by atoms with van der Waals surface area (Å²) in [6.45, 7) is 11.0. The SMILES string of the molecule is Cc1ccc(CN2C(=O)c3ccccc3[C@H]2C(=O)NCCCN2C[C@H](C)C[C@H](C)C2)cc1. The molecule has 0 unspecified atom stereocenters. The Morgan fingerprint density at radius 2 is 1.72 bits per heavy atom. The molecule has 5 heteroatoms. The monoisotopic (exact) mass is 433 g/mol. The average Bonchev–Trinajstić information content (AvgIpc) is 3.04. The van der Waals surface area contributed by atoms with Crippen molar-refractivity contribution < 1.29 is 9.59 Å². The van der Waals surface area contributed by atoms with Crippen molar-refractivity contribution in [1.29, 1.82) is 0 Å². The van der Waals surface area contributed by atoms with Crippen LogP contribution in [-0.2, 0) is 11.3 Å². The highest BCUT2D eigenvalue weighted by atomic mass is 16.2. The summed E-state index contributed by atoms with van der Waals surface area (Å²) in [6, 6.07) is 15.1. The molecule has 0 aliphatic carbocycles. The molecule has 4 rings (SSSR count). The van der Waals surface area contributed by atoms with Gasteiger partial charge in [0.05, 0.1) is 0 Å². The Labute approximate surface area is 191 Å². The van der Waals surface area contributed by atoms with Crippen molar-refractivity contribution in [2.75, 3.05) is 26.2 Å². The predicted molar refractivity (Wildman–Crippen MR) is 127 cm³/mol. The van der Waals surface area contributed by atoms with Crippen molar-refractivity contribution in [3.8, 4) is 0 Å². The van der Waals surface area contributed by atoms with Crippen LogP contribution in [0.4, 0.5) is 0 Å². The number of nitrogens with one attached hydrogen (secondary N) is 1. The zero-order chi connectivity index (χ0) is 22.7. The maximum absolute atomic E-state index is 13.2. The molecule has 0 saturated carbocycles. The zero-order valence-electron chi connectivity index (χ0n) is 19.5. The van der Waals surface area contributed by atoms with Crippen LogP contribution in [0.5, 0.6) is 0 Å². The van der Waals surface area contributed by atoms with Gasteiger partial charge in [-0.1, -0.05) is 61.9 Å². The minimum Gasteiger partial charge on any atom is -0.354 e. The van der Waals surface area contributed by atoms with Gasteiger partial charge in [0.25, 0.3) is 5.91 Å². The maximum atomic E-state index is 13.2. The van der Waals surface area contributed by atoms with Crippen LogP contribution in [0.25, 0.3) is 0 Å². The smallest absolute Gasteiger partial charge is 0.255 e. The number of benzene rings is 2. The van der Waals surface area contributed by atoms with Crippen molar-refractivity contribution in [2.24, 2.45) is 11.8 Å². The molecule has 2 aliphatic heterocycles. The van der Waals surface area contributed by atoms with Crippen LogP contribution in [-0.4, -0.2) is 47.8 Å². The predicted octanol–water partition coefficient (Wildman–Crippen LogP) is 4.18. The molecule has 0 radical (unpaired) electrons. The molecular formula is C27H35N3O2. The fraction of sp³-hybridized carbons (Fsp3) is 0.481. The minimum absolute atomic E-state index is 0.0717. The first kappa shape index (κ1) is 22.5. The van der Waals surface area contributed by atoms with Crippen LogP contribution in [0.2, 0.25) is 0 Å². The number of carbonyl (C=O) groups excluding carboxylic acids is 2. The van der Waals surface area contributed by atoms with Gasteiger partial charge in [0.15, 0.2) is 0 Å². The highest BCUT2D eigenvalue weighted by molar-refractivity contribution is 6.04. The largest absolute Gasteiger partial charge is 0.354 e. The number of aryl methyl sites for hydroxylation is 1. The van der Waals surface area contributed by atoms with Crippen LogP contribution in [0, 0.1) is 18.8 Å². The fourth-order valence-corrected chi connectivity index (χ4v) is 5.29. The van der Waals surface area contributed by atoms with E-state index in [0.717, 1.165) is 49.0 Å². The zero-order valence-corrected chi connectivity index (χ0v) is 19.5. The first-order valence-corrected chi connectivity index (χ1v) is 11.9. The number of piperidine rings is 1. The number of hydrogen-bond donors (Lipinski definition) is 1. The number of amides is 2. The lowest BCUT2D eigenvalue weighted by Gasteiger charge is -2.35. The summed E-state index contributed by atoms with van der Waals surface area (Å²) in [7, 11) is 0. The summed E-state index contributed by atoms with van der Waals surface area (Å²) in [4.78, 5) is 30.6. The van der Waals surface area contributed by atoms with Crippen LogP contribution in [0.15, 0.2) is 48.5 Å². The van der Waals surface area contributed by atoms with Crippen LogP contribution in [0.3, 0.4) is 0 Å². The number of fused-ring (bicyclic) bond motifs is 1. The summed E-state index contributed by atoms with van der Waals surface area (Å²) in [5, 5.41) is 3.11. The quantitative estimate of drug-likeness (QED) is 0.667. The van der Waals surface area contributed by atoms with Crippen molar-refractivity contribution in [3.63, 3.8) is 0 Å². The van der Waals surface area contributed by atoms with Gasteiger partial charge in [-0.2, -0.15) is 0 Å². The second-order valence-corrected chi connectivity index (χ2v) is 9.76. The molecule has 3 atom stereocenters. The Bertz CT molecular complexity index is 946. The third-order valence-electron chi connectivity index (χ3n) is 6.68. The van der Waals surface area contributed by atoms with Gasteiger partial charge in [0, 0.05) is 31.7 Å². The summed E-state index contributed by atoms with van der Waals surface area (Å²) < 4.78 is 0. The van der Waals surface area contributed by atoms with Crippen molar-refractivity contribution in [2.45, 2.75) is 46.2 Å². The summed E-state index contributed by atoms with van der Waals surface area (Å²) in [5.41, 5.74) is 3.65. The topological polar surface area (TPSA) is 52.7 Å². The molecule has 2 aromatic carbocycles. The normalized spacial score (nSPS) is 23.3. The van der Waals surface area contributed by atoms with Crippen molar-refractivity contribution in [1.82, 2.24) is 15.1 Å². The van der Waals surface area contributed by atoms with Gasteiger partial charge < -0.3 is 15.1 Å². The van der Waals surface area contributed by atoms with Gasteiger partial charge in [-0.25, -0.2) is 0 Å². The molecule has 2 aromatic rings. The van der Waals surface area contributed by atoms with Crippen molar-refractivity contribution in [3.05, 3.63) is 70.8 Å². The molecule has 1 N–H and O–H groups in total. The fourth-order valence-electron chi connectivity index (χ4n) is 5.29. The number of rotatable bonds is 7. The number of hydrogen-bond acceptors (Lipinski definition) is 3. The summed E-state index contributed by atoms with van der Waals surface area (Å²) in [5.74, 6) is 1.32. The lowest BCUT2D eigenvalue weighted by molar-refractivity contribution is -0.125. The van der Waals surface area contributed by atoms with Gasteiger partial charge in [-0.05, 0) is 55.3 Å². The second-order valence-electron chi connectivity index (χ2n) is 9.76. The first-order chi connectivity index (χ1) is 15.4. The van der Waals surface area contributed by atoms with Gasteiger partial charge >= 0.3 is 0 Å². The molecule has 0 bridgehead atoms. The Balaban J connectivity index is 1.40. The lowest BCUT2D eigenvalue weighted by Crippen LogP contribution is -2.41. The molecule has 32 heavy (non-hydrogen) atoms. The molecule has 0 spiro atoms. The highest BCUT2D eigenvalue weighted by Gasteiger charge is 2.40. The lowest BCUT2D eigenvalue weighted by atomic mass is 9.92. The standard InChI is InChI=1S/C27H35N3O2/c1-19-9-11-22(12-10-19)18-30-25(23-7-4-5-8-24(23)27(30)32)26(31)28-13-6-14-29-16-20(2)15-21(3)17-29/h4-5,7-12,20-21,25H,6,13-18H2,1-3H3,(H,28,31)/t20-,21+,25-/m0/s1. The van der Waals surface area contributed by atoms with E-state index >= 15 is 0 Å². The van der Waals surface area contributed by atoms with E-state index < -0.39 is 6.04 Å². The number of carbonyl (C=O) groups is 2. The number of nitrogens with zero attached hydrogens (tertiary/aromatic N) is 2. The Kier molecular flexibility index (Phi) is 6.95. The second kappa shape index (κ2) is 9.86. The highest BCUT2D eigenvalue weighted by Crippen LogP contribution is 2.35. The Morgan fingerprint density at radius 3 is 2.44 bits per heavy atom. The van der Waals surface area contributed by atoms with E-state index in [1.54, 1.807) is 4.90 Å². The van der Waals surface area contributed by atoms with Gasteiger partial charge in [-0.3, -0.25) is 9.59 Å². The molecular weight excluding hydrogens is 398 g/mol. The van der Waals surface area contributed by atoms with E-state index in [1.807, 2.05) is 55.5 Å². The molecule has 1 saturated heterocycles. The van der Waals surface area contributed by atoms with E-state index in [2.05, 4.69) is 24.1 Å². The minimum atomic E-state index is -0.574. The van der Waals surface area contributed by atoms with Crippen LogP contribution in [0.1, 0.15) is 59.8 Å². The van der Waals surface area contributed by atoms with Crippen LogP contribution >= 0.6 is 0 Å². The Morgan fingerprint density at radius 1 is 1.03 bits per heavy atom. The average molecular weight is 434 g/mol. The molecule has 170 valence electrons. The number of likely N-dealkylation sites (tertiary alicyclic amines) is 1. The first-order valence-electron chi connectivity index (χ1n) is 11.9. The van der Waals surface area contributed by atoms with Gasteiger partial charge in [-0.15, -0.1) is 0 Å². The maximum Gasteiger partial charge on any atom is 0.255 e. The third kappa shape index (κ3) is 5.04. The van der Waals surface area contributed by atoms with E-state index in [0.29, 0.717) is 18.7 Å².